The first-order valence-corrected chi connectivity index (χ1v) is 16.4. The molecule has 0 spiro atoms. The van der Waals surface area contributed by atoms with Gasteiger partial charge in [-0.2, -0.15) is 0 Å². The highest BCUT2D eigenvalue weighted by atomic mass is 32.2. The molecule has 0 fully saturated rings. The second kappa shape index (κ2) is 17.2. The molecule has 242 valence electrons. The van der Waals surface area contributed by atoms with Gasteiger partial charge in [0.1, 0.15) is 11.6 Å². The molecule has 2 aromatic rings. The van der Waals surface area contributed by atoms with E-state index in [9.17, 15) is 31.9 Å². The van der Waals surface area contributed by atoms with Crippen LogP contribution in [0.4, 0.5) is 8.78 Å². The number of hydrazine groups is 1. The van der Waals surface area contributed by atoms with Gasteiger partial charge in [-0.25, -0.2) is 22.2 Å². The summed E-state index contributed by atoms with van der Waals surface area (Å²) in [4.78, 5) is 31.0. The van der Waals surface area contributed by atoms with Gasteiger partial charge in [0.15, 0.2) is 0 Å². The van der Waals surface area contributed by atoms with Crippen LogP contribution >= 0.6 is 0 Å². The van der Waals surface area contributed by atoms with Crippen molar-refractivity contribution < 1.29 is 31.9 Å². The summed E-state index contributed by atoms with van der Waals surface area (Å²) < 4.78 is 53.1. The average molecular weight is 635 g/mol. The highest BCUT2D eigenvalue weighted by molar-refractivity contribution is 7.90. The maximum absolute atomic E-state index is 14.0. The van der Waals surface area contributed by atoms with Gasteiger partial charge in [-0.05, 0) is 75.4 Å². The average Bonchev–Trinajstić information content (AvgIpc) is 2.95. The smallest absolute Gasteiger partial charge is 0.253 e. The number of aliphatic hydroxyl groups is 1. The van der Waals surface area contributed by atoms with E-state index in [1.807, 2.05) is 20.8 Å². The number of aliphatic hydroxyl groups excluding tert-OH is 1. The zero-order valence-electron chi connectivity index (χ0n) is 26.1. The maximum Gasteiger partial charge on any atom is 0.253 e. The van der Waals surface area contributed by atoms with E-state index in [0.29, 0.717) is 31.1 Å². The van der Waals surface area contributed by atoms with Gasteiger partial charge in [0.2, 0.25) is 10.0 Å². The Bertz CT molecular complexity index is 1400. The zero-order valence-corrected chi connectivity index (χ0v) is 26.9. The number of hydrogen-bond donors (Lipinski definition) is 3. The highest BCUT2D eigenvalue weighted by Crippen LogP contribution is 2.17. The Morgan fingerprint density at radius 3 is 2.02 bits per heavy atom. The van der Waals surface area contributed by atoms with E-state index in [1.165, 1.54) is 37.1 Å². The van der Waals surface area contributed by atoms with Gasteiger partial charge in [0, 0.05) is 48.9 Å². The van der Waals surface area contributed by atoms with E-state index >= 15 is 0 Å². The van der Waals surface area contributed by atoms with Crippen LogP contribution in [-0.2, 0) is 16.4 Å². The Balaban J connectivity index is 2.46. The second-order valence-electron chi connectivity index (χ2n) is 11.0. The van der Waals surface area contributed by atoms with E-state index in [-0.39, 0.29) is 42.1 Å². The van der Waals surface area contributed by atoms with Gasteiger partial charge < -0.3 is 15.3 Å². The third-order valence-electron chi connectivity index (χ3n) is 6.82. The molecule has 0 saturated heterocycles. The first kappa shape index (κ1) is 36.8. The van der Waals surface area contributed by atoms with Crippen LogP contribution in [-0.4, -0.2) is 78.8 Å². The molecule has 12 heteroatoms. The number of halogens is 2. The lowest BCUT2D eigenvalue weighted by Gasteiger charge is -2.30. The number of amides is 2. The van der Waals surface area contributed by atoms with Crippen LogP contribution in [0.5, 0.6) is 0 Å². The number of terminal acetylenes is 1. The molecule has 3 N–H and O–H groups in total. The van der Waals surface area contributed by atoms with Gasteiger partial charge in [0.25, 0.3) is 11.8 Å². The van der Waals surface area contributed by atoms with E-state index < -0.39 is 45.0 Å². The van der Waals surface area contributed by atoms with Crippen LogP contribution in [0.3, 0.4) is 0 Å². The Labute approximate surface area is 260 Å². The molecule has 2 atom stereocenters. The Kier molecular flexibility index (Phi) is 14.4. The van der Waals surface area contributed by atoms with Crippen LogP contribution in [0.1, 0.15) is 85.7 Å². The first-order chi connectivity index (χ1) is 20.7. The minimum Gasteiger partial charge on any atom is -0.390 e. The second-order valence-corrected chi connectivity index (χ2v) is 13.2. The predicted molar refractivity (Wildman–Crippen MR) is 167 cm³/mol. The molecule has 44 heavy (non-hydrogen) atoms. The van der Waals surface area contributed by atoms with Gasteiger partial charge in [0.05, 0.1) is 17.4 Å². The molecule has 9 nitrogen and oxygen atoms in total. The van der Waals surface area contributed by atoms with Crippen molar-refractivity contribution in [3.05, 3.63) is 70.3 Å². The Hall–Kier alpha value is -3.37. The summed E-state index contributed by atoms with van der Waals surface area (Å²) >= 11 is 0. The molecule has 2 unspecified atom stereocenters. The van der Waals surface area contributed by atoms with E-state index in [2.05, 4.69) is 16.1 Å². The zero-order chi connectivity index (χ0) is 33.0. The molecule has 0 radical (unpaired) electrons. The Morgan fingerprint density at radius 1 is 0.932 bits per heavy atom. The third kappa shape index (κ3) is 11.0. The predicted octanol–water partition coefficient (Wildman–Crippen LogP) is 3.87. The fraction of sp³-hybridized carbons (Fsp3) is 0.500. The van der Waals surface area contributed by atoms with Gasteiger partial charge >= 0.3 is 0 Å². The summed E-state index contributed by atoms with van der Waals surface area (Å²) in [5, 5.41) is 14.6. The van der Waals surface area contributed by atoms with Gasteiger partial charge in [-0.15, -0.1) is 11.3 Å². The molecule has 0 aliphatic heterocycles. The van der Waals surface area contributed by atoms with Crippen LogP contribution in [0.25, 0.3) is 0 Å². The minimum atomic E-state index is -3.74. The SMILES string of the molecule is C#Cc1cc(C(=O)NC(Cc2cc(F)cc(F)c2)C(O)CN(CCC)NS(=O)(=O)C(C)C)cc(C(=O)N(CCC)CCC)c1. The standard InChI is InChI=1S/C32H44F2N4O5S/c1-7-11-37(12-8-2)32(41)26-15-23(10-4)14-25(19-26)31(40)35-29(18-24-16-27(33)20-28(34)17-24)30(39)21-38(13-9-3)36-44(42,43)22(5)6/h4,14-17,19-20,22,29-30,36,39H,7-9,11-13,18,21H2,1-3,5-6H3,(H,35,40). The fourth-order valence-corrected chi connectivity index (χ4v) is 5.34. The van der Waals surface area contributed by atoms with E-state index in [1.54, 1.807) is 4.90 Å². The normalized spacial score (nSPS) is 13.0. The molecule has 0 aliphatic rings. The fourth-order valence-electron chi connectivity index (χ4n) is 4.60. The van der Waals surface area contributed by atoms with Crippen molar-refractivity contribution in [1.82, 2.24) is 20.1 Å². The van der Waals surface area contributed by atoms with Crippen molar-refractivity contribution in [3.63, 3.8) is 0 Å². The summed E-state index contributed by atoms with van der Waals surface area (Å²) in [6.45, 7) is 9.84. The molecule has 0 aromatic heterocycles. The number of rotatable bonds is 17. The van der Waals surface area contributed by atoms with Crippen molar-refractivity contribution >= 4 is 21.8 Å². The van der Waals surface area contributed by atoms with E-state index in [4.69, 9.17) is 6.42 Å². The van der Waals surface area contributed by atoms with Crippen molar-refractivity contribution in [3.8, 4) is 12.3 Å². The third-order valence-corrected chi connectivity index (χ3v) is 8.57. The number of sulfonamides is 1. The van der Waals surface area contributed by atoms with Crippen LogP contribution in [0.15, 0.2) is 36.4 Å². The lowest BCUT2D eigenvalue weighted by molar-refractivity contribution is 0.0618. The molecular weight excluding hydrogens is 590 g/mol. The molecule has 2 rings (SSSR count). The topological polar surface area (TPSA) is 119 Å². The number of carbonyl (C=O) groups is 2. The van der Waals surface area contributed by atoms with E-state index in [0.717, 1.165) is 25.0 Å². The van der Waals surface area contributed by atoms with Crippen LogP contribution in [0.2, 0.25) is 0 Å². The lowest BCUT2D eigenvalue weighted by atomic mass is 9.99. The largest absolute Gasteiger partial charge is 0.390 e. The van der Waals surface area contributed by atoms with Crippen molar-refractivity contribution in [2.75, 3.05) is 26.2 Å². The highest BCUT2D eigenvalue weighted by Gasteiger charge is 2.28. The lowest BCUT2D eigenvalue weighted by Crippen LogP contribution is -2.54. The molecule has 0 saturated carbocycles. The van der Waals surface area contributed by atoms with Crippen LogP contribution in [0, 0.1) is 24.0 Å². The summed E-state index contributed by atoms with van der Waals surface area (Å²) in [5.41, 5.74) is 0.759. The van der Waals surface area contributed by atoms with Crippen LogP contribution < -0.4 is 10.1 Å². The number of hydrogen-bond acceptors (Lipinski definition) is 6. The number of nitrogens with one attached hydrogen (secondary N) is 2. The van der Waals surface area contributed by atoms with Gasteiger partial charge in [-0.3, -0.25) is 9.59 Å². The molecule has 2 aromatic carbocycles. The monoisotopic (exact) mass is 634 g/mol. The number of benzene rings is 2. The summed E-state index contributed by atoms with van der Waals surface area (Å²) in [6.07, 6.45) is 6.11. The number of carbonyl (C=O) groups excluding carboxylic acids is 2. The molecule has 0 heterocycles. The molecule has 0 aliphatic carbocycles. The number of nitrogens with zero attached hydrogens (tertiary/aromatic N) is 2. The van der Waals surface area contributed by atoms with Crippen molar-refractivity contribution in [2.24, 2.45) is 0 Å². The van der Waals surface area contributed by atoms with Crippen molar-refractivity contribution in [1.29, 1.82) is 0 Å². The van der Waals surface area contributed by atoms with Crippen molar-refractivity contribution in [2.45, 2.75) is 77.7 Å². The minimum absolute atomic E-state index is 0.0605. The summed E-state index contributed by atoms with van der Waals surface area (Å²) in [6, 6.07) is 6.16. The quantitative estimate of drug-likeness (QED) is 0.180. The first-order valence-electron chi connectivity index (χ1n) is 14.9. The summed E-state index contributed by atoms with van der Waals surface area (Å²) in [5.74, 6) is -0.152. The Morgan fingerprint density at radius 2 is 1.50 bits per heavy atom. The summed E-state index contributed by atoms with van der Waals surface area (Å²) in [7, 11) is -3.74. The molecular formula is C32H44F2N4O5S. The molecule has 0 bridgehead atoms. The maximum atomic E-state index is 14.0. The van der Waals surface area contributed by atoms with Gasteiger partial charge in [-0.1, -0.05) is 26.7 Å². The molecule has 2 amide bonds.